The topological polar surface area (TPSA) is 41.6 Å². The number of ether oxygens (including phenoxy) is 1. The lowest BCUT2D eigenvalue weighted by molar-refractivity contribution is -0.133. The number of carbonyl (C=O) groups is 1. The maximum absolute atomic E-state index is 12.9. The van der Waals surface area contributed by atoms with Gasteiger partial charge in [-0.25, -0.2) is 0 Å². The molecular weight excluding hydrogens is 264 g/mol. The van der Waals surface area contributed by atoms with E-state index in [0.717, 1.165) is 37.4 Å². The summed E-state index contributed by atoms with van der Waals surface area (Å²) in [6.45, 7) is 5.34. The lowest BCUT2D eigenvalue weighted by Gasteiger charge is -2.27. The van der Waals surface area contributed by atoms with Gasteiger partial charge in [0.2, 0.25) is 5.91 Å². The highest BCUT2D eigenvalue weighted by atomic mass is 16.5. The molecule has 21 heavy (non-hydrogen) atoms. The Hall–Kier alpha value is -1.55. The molecule has 1 aromatic rings. The van der Waals surface area contributed by atoms with Crippen LogP contribution in [0.3, 0.4) is 0 Å². The van der Waals surface area contributed by atoms with Crippen LogP contribution in [0.2, 0.25) is 0 Å². The summed E-state index contributed by atoms with van der Waals surface area (Å²) in [5.74, 6) is 0.955. The van der Waals surface area contributed by atoms with Gasteiger partial charge in [0.05, 0.1) is 0 Å². The van der Waals surface area contributed by atoms with Crippen LogP contribution in [0.4, 0.5) is 0 Å². The van der Waals surface area contributed by atoms with Crippen molar-refractivity contribution >= 4 is 5.91 Å². The minimum atomic E-state index is -0.130. The summed E-state index contributed by atoms with van der Waals surface area (Å²) < 4.78 is 5.67. The van der Waals surface area contributed by atoms with Gasteiger partial charge in [-0.3, -0.25) is 4.79 Å². The highest BCUT2D eigenvalue weighted by Crippen LogP contribution is 2.34. The first-order valence-electron chi connectivity index (χ1n) is 8.03. The van der Waals surface area contributed by atoms with E-state index < -0.39 is 0 Å². The maximum atomic E-state index is 12.9. The third kappa shape index (κ3) is 3.05. The van der Waals surface area contributed by atoms with E-state index in [0.29, 0.717) is 12.6 Å². The first kappa shape index (κ1) is 14.4. The average Bonchev–Trinajstić information content (AvgIpc) is 3.15. The quantitative estimate of drug-likeness (QED) is 0.902. The summed E-state index contributed by atoms with van der Waals surface area (Å²) in [5.41, 5.74) is 1.04. The maximum Gasteiger partial charge on any atom is 0.233 e. The zero-order valence-electron chi connectivity index (χ0n) is 12.7. The molecule has 1 aromatic carbocycles. The Labute approximate surface area is 126 Å². The molecule has 2 heterocycles. The van der Waals surface area contributed by atoms with Gasteiger partial charge in [-0.15, -0.1) is 0 Å². The molecule has 2 atom stereocenters. The molecule has 0 radical (unpaired) electrons. The summed E-state index contributed by atoms with van der Waals surface area (Å²) in [5, 5.41) is 3.48. The molecule has 1 fully saturated rings. The zero-order valence-corrected chi connectivity index (χ0v) is 12.7. The van der Waals surface area contributed by atoms with Gasteiger partial charge >= 0.3 is 0 Å². The molecule has 114 valence electrons. The van der Waals surface area contributed by atoms with E-state index >= 15 is 0 Å². The smallest absolute Gasteiger partial charge is 0.233 e. The normalized spacial score (nSPS) is 23.7. The Balaban J connectivity index is 1.72. The molecule has 0 spiro atoms. The summed E-state index contributed by atoms with van der Waals surface area (Å²) in [6, 6.07) is 8.36. The summed E-state index contributed by atoms with van der Waals surface area (Å²) in [6.07, 6.45) is 3.38. The number of rotatable bonds is 5. The van der Waals surface area contributed by atoms with Crippen LogP contribution >= 0.6 is 0 Å². The van der Waals surface area contributed by atoms with Crippen molar-refractivity contribution in [2.24, 2.45) is 0 Å². The Morgan fingerprint density at radius 3 is 3.05 bits per heavy atom. The monoisotopic (exact) mass is 288 g/mol. The van der Waals surface area contributed by atoms with Crippen LogP contribution in [0, 0.1) is 0 Å². The molecule has 1 N–H and O–H groups in total. The van der Waals surface area contributed by atoms with E-state index in [2.05, 4.69) is 12.2 Å². The highest BCUT2D eigenvalue weighted by molar-refractivity contribution is 5.85. The van der Waals surface area contributed by atoms with Gasteiger partial charge in [-0.1, -0.05) is 25.1 Å². The van der Waals surface area contributed by atoms with E-state index in [4.69, 9.17) is 4.74 Å². The van der Waals surface area contributed by atoms with Crippen LogP contribution in [-0.2, 0) is 4.79 Å². The summed E-state index contributed by atoms with van der Waals surface area (Å²) in [7, 11) is 0. The fourth-order valence-corrected chi connectivity index (χ4v) is 3.33. The van der Waals surface area contributed by atoms with Crippen LogP contribution in [0.15, 0.2) is 24.3 Å². The summed E-state index contributed by atoms with van der Waals surface area (Å²) >= 11 is 0. The van der Waals surface area contributed by atoms with Crippen molar-refractivity contribution in [2.75, 3.05) is 26.2 Å². The number of fused-ring (bicyclic) bond motifs is 1. The SMILES string of the molecule is CCCN(CC1CCCN1)C(=O)C1COc2ccccc21. The van der Waals surface area contributed by atoms with Crippen molar-refractivity contribution in [3.63, 3.8) is 0 Å². The minimum Gasteiger partial charge on any atom is -0.492 e. The second-order valence-corrected chi connectivity index (χ2v) is 5.98. The number of nitrogens with zero attached hydrogens (tertiary/aromatic N) is 1. The fraction of sp³-hybridized carbons (Fsp3) is 0.588. The molecule has 2 unspecified atom stereocenters. The third-order valence-corrected chi connectivity index (χ3v) is 4.41. The fourth-order valence-electron chi connectivity index (χ4n) is 3.33. The van der Waals surface area contributed by atoms with Crippen molar-refractivity contribution in [2.45, 2.75) is 38.1 Å². The molecule has 4 nitrogen and oxygen atoms in total. The number of hydrogen-bond acceptors (Lipinski definition) is 3. The van der Waals surface area contributed by atoms with Gasteiger partial charge in [0.25, 0.3) is 0 Å². The molecule has 3 rings (SSSR count). The Morgan fingerprint density at radius 1 is 1.43 bits per heavy atom. The van der Waals surface area contributed by atoms with Crippen LogP contribution in [0.25, 0.3) is 0 Å². The van der Waals surface area contributed by atoms with Gasteiger partial charge < -0.3 is 15.0 Å². The number of benzene rings is 1. The number of para-hydroxylation sites is 1. The highest BCUT2D eigenvalue weighted by Gasteiger charge is 2.33. The van der Waals surface area contributed by atoms with Gasteiger partial charge in [0.1, 0.15) is 18.3 Å². The molecule has 0 aromatic heterocycles. The van der Waals surface area contributed by atoms with Crippen molar-refractivity contribution in [3.05, 3.63) is 29.8 Å². The first-order valence-corrected chi connectivity index (χ1v) is 8.03. The number of amides is 1. The lowest BCUT2D eigenvalue weighted by Crippen LogP contribution is -2.43. The van der Waals surface area contributed by atoms with Crippen LogP contribution in [0.5, 0.6) is 5.75 Å². The van der Waals surface area contributed by atoms with Crippen molar-refractivity contribution in [3.8, 4) is 5.75 Å². The molecule has 2 aliphatic heterocycles. The van der Waals surface area contributed by atoms with Crippen molar-refractivity contribution < 1.29 is 9.53 Å². The van der Waals surface area contributed by atoms with E-state index in [1.54, 1.807) is 0 Å². The molecular formula is C17H24N2O2. The lowest BCUT2D eigenvalue weighted by atomic mass is 9.99. The van der Waals surface area contributed by atoms with Gasteiger partial charge in [-0.05, 0) is 31.9 Å². The predicted octanol–water partition coefficient (Wildman–Crippen LogP) is 2.15. The van der Waals surface area contributed by atoms with E-state index in [1.165, 1.54) is 12.8 Å². The zero-order chi connectivity index (χ0) is 14.7. The Morgan fingerprint density at radius 2 is 2.29 bits per heavy atom. The third-order valence-electron chi connectivity index (χ3n) is 4.41. The number of hydrogen-bond donors (Lipinski definition) is 1. The molecule has 1 amide bonds. The molecule has 4 heteroatoms. The van der Waals surface area contributed by atoms with Crippen molar-refractivity contribution in [1.29, 1.82) is 0 Å². The molecule has 2 aliphatic rings. The van der Waals surface area contributed by atoms with Crippen LogP contribution in [-0.4, -0.2) is 43.1 Å². The largest absolute Gasteiger partial charge is 0.492 e. The molecule has 0 aliphatic carbocycles. The van der Waals surface area contributed by atoms with Gasteiger partial charge in [0.15, 0.2) is 0 Å². The van der Waals surface area contributed by atoms with Crippen LogP contribution < -0.4 is 10.1 Å². The van der Waals surface area contributed by atoms with E-state index in [9.17, 15) is 4.79 Å². The number of nitrogens with one attached hydrogen (secondary N) is 1. The molecule has 1 saturated heterocycles. The molecule has 0 bridgehead atoms. The number of carbonyl (C=O) groups excluding carboxylic acids is 1. The minimum absolute atomic E-state index is 0.130. The van der Waals surface area contributed by atoms with Gasteiger partial charge in [-0.2, -0.15) is 0 Å². The summed E-state index contributed by atoms with van der Waals surface area (Å²) in [4.78, 5) is 14.9. The molecule has 0 saturated carbocycles. The Kier molecular flexibility index (Phi) is 4.44. The average molecular weight is 288 g/mol. The first-order chi connectivity index (χ1) is 10.3. The van der Waals surface area contributed by atoms with Gasteiger partial charge in [0, 0.05) is 24.7 Å². The van der Waals surface area contributed by atoms with E-state index in [1.807, 2.05) is 29.2 Å². The second kappa shape index (κ2) is 6.48. The van der Waals surface area contributed by atoms with Crippen LogP contribution in [0.1, 0.15) is 37.7 Å². The Bertz CT molecular complexity index is 497. The second-order valence-electron chi connectivity index (χ2n) is 5.98. The predicted molar refractivity (Wildman–Crippen MR) is 82.6 cm³/mol. The standard InChI is InChI=1S/C17H24N2O2/c1-2-10-19(11-13-6-5-9-18-13)17(20)15-12-21-16-8-4-3-7-14(15)16/h3-4,7-8,13,15,18H,2,5-6,9-12H2,1H3. The van der Waals surface area contributed by atoms with Crippen molar-refractivity contribution in [1.82, 2.24) is 10.2 Å². The van der Waals surface area contributed by atoms with E-state index in [-0.39, 0.29) is 11.8 Å².